The topological polar surface area (TPSA) is 93.6 Å². The standard InChI is InChI=1S/C19H20N4O5/c1-11(24)22-18(13-9-15(26-3)17(28-5)16(10-13)27-4)21-14-7-6-8-20-19(14)23(22)12(2)25/h6-10H,1-5H3. The molecule has 0 spiro atoms. The molecule has 0 bridgehead atoms. The van der Waals surface area contributed by atoms with Gasteiger partial charge in [-0.2, -0.15) is 10.0 Å². The Hall–Kier alpha value is -3.62. The molecule has 0 unspecified atom stereocenters. The highest BCUT2D eigenvalue weighted by Gasteiger charge is 2.35. The van der Waals surface area contributed by atoms with E-state index in [1.165, 1.54) is 51.4 Å². The minimum absolute atomic E-state index is 0.238. The van der Waals surface area contributed by atoms with E-state index in [2.05, 4.69) is 9.98 Å². The molecule has 1 aliphatic rings. The second kappa shape index (κ2) is 7.55. The van der Waals surface area contributed by atoms with Crippen LogP contribution in [0.4, 0.5) is 11.5 Å². The van der Waals surface area contributed by atoms with Crippen LogP contribution in [0, 0.1) is 0 Å². The van der Waals surface area contributed by atoms with Gasteiger partial charge < -0.3 is 14.2 Å². The number of pyridine rings is 1. The van der Waals surface area contributed by atoms with Crippen LogP contribution in [0.2, 0.25) is 0 Å². The number of hydrogen-bond acceptors (Lipinski definition) is 7. The summed E-state index contributed by atoms with van der Waals surface area (Å²) in [4.78, 5) is 33.6. The molecule has 2 aromatic rings. The van der Waals surface area contributed by atoms with E-state index in [9.17, 15) is 9.59 Å². The van der Waals surface area contributed by atoms with Gasteiger partial charge in [-0.05, 0) is 24.3 Å². The van der Waals surface area contributed by atoms with Crippen molar-refractivity contribution in [3.63, 3.8) is 0 Å². The number of aromatic nitrogens is 1. The Bertz CT molecular complexity index is 948. The lowest BCUT2D eigenvalue weighted by molar-refractivity contribution is -0.130. The third-order valence-corrected chi connectivity index (χ3v) is 4.11. The van der Waals surface area contributed by atoms with E-state index in [4.69, 9.17) is 14.2 Å². The predicted molar refractivity (Wildman–Crippen MR) is 102 cm³/mol. The fraction of sp³-hybridized carbons (Fsp3) is 0.263. The first-order valence-electron chi connectivity index (χ1n) is 8.38. The molecular weight excluding hydrogens is 364 g/mol. The highest BCUT2D eigenvalue weighted by molar-refractivity contribution is 6.15. The SMILES string of the molecule is COc1cc(C2=Nc3cccnc3N(C(C)=O)N2C(C)=O)cc(OC)c1OC. The van der Waals surface area contributed by atoms with Crippen LogP contribution in [0.5, 0.6) is 17.2 Å². The smallest absolute Gasteiger partial charge is 0.244 e. The van der Waals surface area contributed by atoms with Gasteiger partial charge in [0.1, 0.15) is 5.69 Å². The normalized spacial score (nSPS) is 12.8. The molecule has 1 aliphatic heterocycles. The number of nitrogens with zero attached hydrogens (tertiary/aromatic N) is 4. The third kappa shape index (κ3) is 3.11. The Balaban J connectivity index is 2.29. The maximum absolute atomic E-state index is 12.5. The van der Waals surface area contributed by atoms with Gasteiger partial charge in [-0.15, -0.1) is 0 Å². The van der Waals surface area contributed by atoms with Crippen LogP contribution >= 0.6 is 0 Å². The molecule has 0 radical (unpaired) electrons. The number of benzene rings is 1. The molecule has 146 valence electrons. The van der Waals surface area contributed by atoms with E-state index in [0.717, 1.165) is 0 Å². The van der Waals surface area contributed by atoms with E-state index in [0.29, 0.717) is 28.5 Å². The molecule has 9 heteroatoms. The maximum atomic E-state index is 12.5. The zero-order valence-corrected chi connectivity index (χ0v) is 16.2. The molecule has 9 nitrogen and oxygen atoms in total. The number of anilines is 1. The second-order valence-electron chi connectivity index (χ2n) is 5.86. The molecule has 0 fully saturated rings. The van der Waals surface area contributed by atoms with Gasteiger partial charge >= 0.3 is 0 Å². The number of methoxy groups -OCH3 is 3. The minimum atomic E-state index is -0.404. The van der Waals surface area contributed by atoms with E-state index in [1.54, 1.807) is 24.3 Å². The molecule has 1 aromatic carbocycles. The van der Waals surface area contributed by atoms with E-state index >= 15 is 0 Å². The van der Waals surface area contributed by atoms with Crippen molar-refractivity contribution in [2.75, 3.05) is 26.3 Å². The number of hydrogen-bond donors (Lipinski definition) is 0. The maximum Gasteiger partial charge on any atom is 0.244 e. The summed E-state index contributed by atoms with van der Waals surface area (Å²) >= 11 is 0. The van der Waals surface area contributed by atoms with Crippen molar-refractivity contribution in [1.82, 2.24) is 9.99 Å². The van der Waals surface area contributed by atoms with Crippen molar-refractivity contribution in [3.8, 4) is 17.2 Å². The zero-order valence-electron chi connectivity index (χ0n) is 16.2. The lowest BCUT2D eigenvalue weighted by Crippen LogP contribution is -2.53. The van der Waals surface area contributed by atoms with Gasteiger partial charge in [0.15, 0.2) is 23.2 Å². The molecule has 0 saturated carbocycles. The molecule has 2 amide bonds. The highest BCUT2D eigenvalue weighted by atomic mass is 16.5. The van der Waals surface area contributed by atoms with Crippen molar-refractivity contribution < 1.29 is 23.8 Å². The Morgan fingerprint density at radius 3 is 2.04 bits per heavy atom. The van der Waals surface area contributed by atoms with Crippen molar-refractivity contribution in [2.45, 2.75) is 13.8 Å². The highest BCUT2D eigenvalue weighted by Crippen LogP contribution is 2.40. The van der Waals surface area contributed by atoms with E-state index < -0.39 is 5.91 Å². The number of fused-ring (bicyclic) bond motifs is 1. The molecule has 1 aromatic heterocycles. The zero-order chi connectivity index (χ0) is 20.4. The third-order valence-electron chi connectivity index (χ3n) is 4.11. The van der Waals surface area contributed by atoms with Crippen LogP contribution in [0.1, 0.15) is 19.4 Å². The monoisotopic (exact) mass is 384 g/mol. The Labute approximate surface area is 162 Å². The second-order valence-corrected chi connectivity index (χ2v) is 5.86. The molecule has 3 rings (SSSR count). The van der Waals surface area contributed by atoms with Crippen molar-refractivity contribution >= 4 is 29.2 Å². The molecule has 0 atom stereocenters. The summed E-state index contributed by atoms with van der Waals surface area (Å²) in [5.41, 5.74) is 0.962. The van der Waals surface area contributed by atoms with Crippen LogP contribution in [0.3, 0.4) is 0 Å². The summed E-state index contributed by atoms with van der Waals surface area (Å²) in [5, 5.41) is 2.38. The first kappa shape index (κ1) is 19.2. The van der Waals surface area contributed by atoms with Crippen LogP contribution in [-0.2, 0) is 9.59 Å². The first-order chi connectivity index (χ1) is 13.4. The Kier molecular flexibility index (Phi) is 5.16. The van der Waals surface area contributed by atoms with Crippen LogP contribution < -0.4 is 19.2 Å². The molecule has 0 aliphatic carbocycles. The van der Waals surface area contributed by atoms with Crippen molar-refractivity contribution in [3.05, 3.63) is 36.0 Å². The lowest BCUT2D eigenvalue weighted by Gasteiger charge is -2.36. The predicted octanol–water partition coefficient (Wildman–Crippen LogP) is 2.32. The summed E-state index contributed by atoms with van der Waals surface area (Å²) in [6.45, 7) is 2.70. The van der Waals surface area contributed by atoms with Gasteiger partial charge in [0.2, 0.25) is 17.6 Å². The number of hydrazine groups is 1. The van der Waals surface area contributed by atoms with Crippen molar-refractivity contribution in [1.29, 1.82) is 0 Å². The number of aliphatic imine (C=N–C) groups is 1. The average molecular weight is 384 g/mol. The number of amides is 2. The number of carbonyl (C=O) groups is 2. The van der Waals surface area contributed by atoms with Crippen molar-refractivity contribution in [2.24, 2.45) is 4.99 Å². The molecule has 2 heterocycles. The summed E-state index contributed by atoms with van der Waals surface area (Å²) < 4.78 is 16.1. The number of amidine groups is 1. The largest absolute Gasteiger partial charge is 0.493 e. The van der Waals surface area contributed by atoms with Gasteiger partial charge in [0, 0.05) is 25.6 Å². The molecular formula is C19H20N4O5. The lowest BCUT2D eigenvalue weighted by atomic mass is 10.1. The van der Waals surface area contributed by atoms with E-state index in [1.807, 2.05) is 0 Å². The number of carbonyl (C=O) groups excluding carboxylic acids is 2. The Morgan fingerprint density at radius 2 is 1.54 bits per heavy atom. The fourth-order valence-electron chi connectivity index (χ4n) is 2.97. The number of ether oxygens (including phenoxy) is 3. The van der Waals surface area contributed by atoms with Gasteiger partial charge in [-0.25, -0.2) is 9.98 Å². The van der Waals surface area contributed by atoms with Crippen LogP contribution in [-0.4, -0.2) is 49.0 Å². The minimum Gasteiger partial charge on any atom is -0.493 e. The van der Waals surface area contributed by atoms with Crippen LogP contribution in [0.25, 0.3) is 0 Å². The van der Waals surface area contributed by atoms with Gasteiger partial charge in [0.25, 0.3) is 0 Å². The van der Waals surface area contributed by atoms with Gasteiger partial charge in [-0.1, -0.05) is 0 Å². The summed E-state index contributed by atoms with van der Waals surface area (Å²) in [6.07, 6.45) is 1.53. The fourth-order valence-corrected chi connectivity index (χ4v) is 2.97. The summed E-state index contributed by atoms with van der Waals surface area (Å²) in [6, 6.07) is 6.75. The Morgan fingerprint density at radius 1 is 0.929 bits per heavy atom. The average Bonchev–Trinajstić information content (AvgIpc) is 2.70. The van der Waals surface area contributed by atoms with Gasteiger partial charge in [-0.3, -0.25) is 9.59 Å². The molecule has 28 heavy (non-hydrogen) atoms. The molecule has 0 saturated heterocycles. The summed E-state index contributed by atoms with van der Waals surface area (Å²) in [7, 11) is 4.49. The molecule has 0 N–H and O–H groups in total. The first-order valence-corrected chi connectivity index (χ1v) is 8.38. The number of rotatable bonds is 4. The van der Waals surface area contributed by atoms with E-state index in [-0.39, 0.29) is 17.6 Å². The summed E-state index contributed by atoms with van der Waals surface area (Å²) in [5.74, 6) is 0.937. The van der Waals surface area contributed by atoms with Gasteiger partial charge in [0.05, 0.1) is 21.3 Å². The van der Waals surface area contributed by atoms with Crippen LogP contribution in [0.15, 0.2) is 35.5 Å². The quantitative estimate of drug-likeness (QED) is 0.803.